The maximum absolute atomic E-state index is 10.0. The first-order valence-electron chi connectivity index (χ1n) is 10.2. The number of aromatic amines is 1. The second-order valence-electron chi connectivity index (χ2n) is 7.27. The molecule has 1 aliphatic rings. The van der Waals surface area contributed by atoms with Crippen LogP contribution in [0.15, 0.2) is 41.8 Å². The molecule has 2 aromatic carbocycles. The minimum Gasteiger partial charge on any atom is -0.497 e. The van der Waals surface area contributed by atoms with Gasteiger partial charge >= 0.3 is 0 Å². The smallest absolute Gasteiger partial charge is 0.244 e. The highest BCUT2D eigenvalue weighted by atomic mass is 16.5. The zero-order valence-electron chi connectivity index (χ0n) is 19.4. The summed E-state index contributed by atoms with van der Waals surface area (Å²) in [6, 6.07) is 11.1. The summed E-state index contributed by atoms with van der Waals surface area (Å²) in [5, 5.41) is 17.4. The molecule has 1 aliphatic heterocycles. The quantitative estimate of drug-likeness (QED) is 0.540. The van der Waals surface area contributed by atoms with E-state index in [1.807, 2.05) is 6.07 Å². The zero-order chi connectivity index (χ0) is 24.4. The van der Waals surface area contributed by atoms with E-state index < -0.39 is 5.92 Å². The van der Waals surface area contributed by atoms with E-state index in [-0.39, 0.29) is 17.3 Å². The number of methoxy groups -OCH3 is 5. The van der Waals surface area contributed by atoms with Crippen molar-refractivity contribution in [1.29, 1.82) is 5.26 Å². The lowest BCUT2D eigenvalue weighted by Crippen LogP contribution is -2.21. The maximum atomic E-state index is 10.0. The number of benzene rings is 2. The highest BCUT2D eigenvalue weighted by Crippen LogP contribution is 2.50. The Balaban J connectivity index is 2.01. The Labute approximate surface area is 196 Å². The molecular weight excluding hydrogens is 440 g/mol. The van der Waals surface area contributed by atoms with Crippen molar-refractivity contribution in [3.05, 3.63) is 52.9 Å². The van der Waals surface area contributed by atoms with E-state index in [0.717, 1.165) is 0 Å². The first kappa shape index (κ1) is 22.7. The van der Waals surface area contributed by atoms with Gasteiger partial charge in [0.25, 0.3) is 0 Å². The predicted octanol–water partition coefficient (Wildman–Crippen LogP) is 3.34. The van der Waals surface area contributed by atoms with Gasteiger partial charge in [0.05, 0.1) is 52.7 Å². The van der Waals surface area contributed by atoms with E-state index in [9.17, 15) is 5.26 Å². The number of aromatic nitrogens is 2. The van der Waals surface area contributed by atoms with Crippen molar-refractivity contribution in [1.82, 2.24) is 10.2 Å². The number of allylic oxidation sites excluding steroid dienone is 1. The summed E-state index contributed by atoms with van der Waals surface area (Å²) in [7, 11) is 7.72. The fourth-order valence-electron chi connectivity index (χ4n) is 4.06. The molecule has 34 heavy (non-hydrogen) atoms. The second-order valence-corrected chi connectivity index (χ2v) is 7.27. The van der Waals surface area contributed by atoms with Gasteiger partial charge in [-0.05, 0) is 35.9 Å². The Morgan fingerprint density at radius 2 is 1.62 bits per heavy atom. The van der Waals surface area contributed by atoms with Crippen LogP contribution in [-0.4, -0.2) is 45.7 Å². The highest BCUT2D eigenvalue weighted by Gasteiger charge is 2.37. The van der Waals surface area contributed by atoms with Crippen LogP contribution in [-0.2, 0) is 0 Å². The number of fused-ring (bicyclic) bond motifs is 1. The number of hydrogen-bond acceptors (Lipinski definition) is 9. The maximum Gasteiger partial charge on any atom is 0.244 e. The van der Waals surface area contributed by atoms with Gasteiger partial charge in [-0.15, -0.1) is 5.10 Å². The van der Waals surface area contributed by atoms with E-state index in [1.54, 1.807) is 38.5 Å². The van der Waals surface area contributed by atoms with Crippen molar-refractivity contribution in [2.45, 2.75) is 5.92 Å². The summed E-state index contributed by atoms with van der Waals surface area (Å²) in [6.45, 7) is 0. The van der Waals surface area contributed by atoms with E-state index in [4.69, 9.17) is 34.2 Å². The van der Waals surface area contributed by atoms with Crippen molar-refractivity contribution in [2.75, 3.05) is 35.5 Å². The van der Waals surface area contributed by atoms with E-state index >= 15 is 0 Å². The third kappa shape index (κ3) is 3.57. The Hall–Kier alpha value is -4.52. The average molecular weight is 464 g/mol. The topological polar surface area (TPSA) is 134 Å². The van der Waals surface area contributed by atoms with Gasteiger partial charge in [0.1, 0.15) is 23.1 Å². The lowest BCUT2D eigenvalue weighted by atomic mass is 9.82. The van der Waals surface area contributed by atoms with Crippen molar-refractivity contribution >= 4 is 0 Å². The minimum absolute atomic E-state index is 0.0376. The van der Waals surface area contributed by atoms with Gasteiger partial charge in [-0.2, -0.15) is 5.26 Å². The normalized spacial score (nSPS) is 14.5. The number of nitriles is 1. The van der Waals surface area contributed by atoms with Crippen LogP contribution >= 0.6 is 0 Å². The first-order valence-corrected chi connectivity index (χ1v) is 10.2. The number of nitrogens with zero attached hydrogens (tertiary/aromatic N) is 2. The third-order valence-electron chi connectivity index (χ3n) is 5.64. The fraction of sp³-hybridized carbons (Fsp3) is 0.250. The third-order valence-corrected chi connectivity index (χ3v) is 5.64. The van der Waals surface area contributed by atoms with E-state index in [2.05, 4.69) is 16.3 Å². The lowest BCUT2D eigenvalue weighted by molar-refractivity contribution is 0.323. The van der Waals surface area contributed by atoms with Crippen LogP contribution in [0.1, 0.15) is 17.0 Å². The number of H-pyrrole nitrogens is 1. The number of hydrogen-bond donors (Lipinski definition) is 2. The number of nitrogens with one attached hydrogen (secondary N) is 1. The number of nitrogens with two attached hydrogens (primary N) is 1. The van der Waals surface area contributed by atoms with Crippen LogP contribution in [0.3, 0.4) is 0 Å². The molecule has 3 N–H and O–H groups in total. The van der Waals surface area contributed by atoms with Crippen LogP contribution in [0.2, 0.25) is 0 Å². The van der Waals surface area contributed by atoms with Crippen LogP contribution in [0.4, 0.5) is 0 Å². The molecule has 176 valence electrons. The Morgan fingerprint density at radius 1 is 0.941 bits per heavy atom. The number of ether oxygens (including phenoxy) is 6. The van der Waals surface area contributed by atoms with Crippen LogP contribution in [0.25, 0.3) is 11.3 Å². The molecule has 0 saturated carbocycles. The lowest BCUT2D eigenvalue weighted by Gasteiger charge is -2.25. The standard InChI is InChI=1S/C24H24N4O6/c1-29-13-6-7-16(30-2)14(10-13)21-20-19(15(11-25)23(26)34-24(20)28-27-21)12-8-17(31-3)22(33-5)18(9-12)32-4/h6-10,19H,26H2,1-5H3,(H,27,28)/t19-/m0/s1. The molecule has 0 unspecified atom stereocenters. The molecule has 10 nitrogen and oxygen atoms in total. The minimum atomic E-state index is -0.646. The predicted molar refractivity (Wildman–Crippen MR) is 123 cm³/mol. The van der Waals surface area contributed by atoms with Gasteiger partial charge in [0.15, 0.2) is 11.5 Å². The Morgan fingerprint density at radius 3 is 2.18 bits per heavy atom. The van der Waals surface area contributed by atoms with Crippen LogP contribution in [0.5, 0.6) is 34.6 Å². The Kier molecular flexibility index (Phi) is 6.10. The van der Waals surface area contributed by atoms with E-state index in [0.29, 0.717) is 51.1 Å². The summed E-state index contributed by atoms with van der Waals surface area (Å²) in [5.41, 5.74) is 8.88. The van der Waals surface area contributed by atoms with Crippen molar-refractivity contribution in [3.8, 4) is 52.0 Å². The molecule has 10 heteroatoms. The van der Waals surface area contributed by atoms with Crippen LogP contribution in [0, 0.1) is 11.3 Å². The van der Waals surface area contributed by atoms with Gasteiger partial charge < -0.3 is 34.2 Å². The molecule has 0 bridgehead atoms. The summed E-state index contributed by atoms with van der Waals surface area (Å²) in [5.74, 6) is 2.06. The van der Waals surface area contributed by atoms with Gasteiger partial charge in [0.2, 0.25) is 17.5 Å². The molecule has 0 spiro atoms. The van der Waals surface area contributed by atoms with Crippen molar-refractivity contribution in [2.24, 2.45) is 5.73 Å². The molecule has 2 heterocycles. The second kappa shape index (κ2) is 9.15. The van der Waals surface area contributed by atoms with Gasteiger partial charge in [-0.25, -0.2) is 0 Å². The SMILES string of the molecule is COc1ccc(OC)c(-c2[nH]nc3c2[C@@H](c2cc(OC)c(OC)c(OC)c2)C(C#N)=C(N)O3)c1. The summed E-state index contributed by atoms with van der Waals surface area (Å²) in [6.07, 6.45) is 0. The molecule has 4 rings (SSSR count). The van der Waals surface area contributed by atoms with Crippen molar-refractivity contribution < 1.29 is 28.4 Å². The molecule has 0 saturated heterocycles. The molecule has 0 aliphatic carbocycles. The molecule has 0 radical (unpaired) electrons. The molecule has 1 atom stereocenters. The molecular formula is C24H24N4O6. The van der Waals surface area contributed by atoms with Crippen molar-refractivity contribution in [3.63, 3.8) is 0 Å². The van der Waals surface area contributed by atoms with Crippen LogP contribution < -0.4 is 34.2 Å². The number of rotatable bonds is 7. The molecule has 0 fully saturated rings. The largest absolute Gasteiger partial charge is 0.497 e. The fourth-order valence-corrected chi connectivity index (χ4v) is 4.06. The summed E-state index contributed by atoms with van der Waals surface area (Å²) < 4.78 is 33.2. The zero-order valence-corrected chi connectivity index (χ0v) is 19.4. The van der Waals surface area contributed by atoms with Gasteiger partial charge in [0, 0.05) is 5.56 Å². The van der Waals surface area contributed by atoms with Gasteiger partial charge in [-0.1, -0.05) is 0 Å². The highest BCUT2D eigenvalue weighted by molar-refractivity contribution is 5.76. The van der Waals surface area contributed by atoms with E-state index in [1.165, 1.54) is 21.3 Å². The average Bonchev–Trinajstić information content (AvgIpc) is 3.29. The molecule has 1 aromatic heterocycles. The molecule has 3 aromatic rings. The molecule has 0 amide bonds. The van der Waals surface area contributed by atoms with Gasteiger partial charge in [-0.3, -0.25) is 5.10 Å². The summed E-state index contributed by atoms with van der Waals surface area (Å²) in [4.78, 5) is 0. The summed E-state index contributed by atoms with van der Waals surface area (Å²) >= 11 is 0. The first-order chi connectivity index (χ1) is 16.5. The Bertz CT molecular complexity index is 1280. The monoisotopic (exact) mass is 464 g/mol.